The molecule has 0 aromatic heterocycles. The summed E-state index contributed by atoms with van der Waals surface area (Å²) in [5, 5.41) is 2.66. The number of rotatable bonds is 7. The summed E-state index contributed by atoms with van der Waals surface area (Å²) in [6, 6.07) is 0. The fourth-order valence-corrected chi connectivity index (χ4v) is 1.60. The summed E-state index contributed by atoms with van der Waals surface area (Å²) in [5.74, 6) is -0.178. The Kier molecular flexibility index (Phi) is 6.56. The highest BCUT2D eigenvalue weighted by Gasteiger charge is 2.22. The van der Waals surface area contributed by atoms with E-state index in [0.29, 0.717) is 31.4 Å². The molecule has 0 fully saturated rings. The highest BCUT2D eigenvalue weighted by Crippen LogP contribution is 2.43. The third-order valence-corrected chi connectivity index (χ3v) is 3.70. The van der Waals surface area contributed by atoms with Gasteiger partial charge in [-0.3, -0.25) is 9.36 Å². The lowest BCUT2D eigenvalue weighted by Gasteiger charge is -2.12. The van der Waals surface area contributed by atoms with E-state index in [-0.39, 0.29) is 5.91 Å². The summed E-state index contributed by atoms with van der Waals surface area (Å²) in [5.41, 5.74) is -0.145. The number of amides is 1. The minimum Gasteiger partial charge on any atom is -0.352 e. The Labute approximate surface area is 96.1 Å². The van der Waals surface area contributed by atoms with Gasteiger partial charge in [0.1, 0.15) is 0 Å². The van der Waals surface area contributed by atoms with Crippen molar-refractivity contribution in [1.82, 2.24) is 5.32 Å². The second-order valence-corrected chi connectivity index (χ2v) is 6.03. The number of carbonyl (C=O) groups excluding carboxylic acids is 1. The first-order chi connectivity index (χ1) is 7.25. The fraction of sp³-hybridized carbons (Fsp3) is 0.700. The summed E-state index contributed by atoms with van der Waals surface area (Å²) in [6.45, 7) is 7.18. The third-order valence-electron chi connectivity index (χ3n) is 2.30. The largest absolute Gasteiger partial charge is 0.352 e. The minimum atomic E-state index is -3.94. The van der Waals surface area contributed by atoms with Crippen molar-refractivity contribution in [3.63, 3.8) is 0 Å². The molecule has 0 aromatic carbocycles. The van der Waals surface area contributed by atoms with Crippen LogP contribution in [0.3, 0.4) is 0 Å². The molecular formula is C10H20NO4P. The molecule has 0 aromatic rings. The molecule has 1 atom stereocenters. The number of hydrogen-bond acceptors (Lipinski definition) is 2. The summed E-state index contributed by atoms with van der Waals surface area (Å²) >= 11 is 0. The summed E-state index contributed by atoms with van der Waals surface area (Å²) in [4.78, 5) is 28.7. The zero-order valence-corrected chi connectivity index (χ0v) is 10.7. The average molecular weight is 249 g/mol. The van der Waals surface area contributed by atoms with Crippen LogP contribution in [0.25, 0.3) is 0 Å². The lowest BCUT2D eigenvalue weighted by atomic mass is 10.2. The molecule has 0 rings (SSSR count). The lowest BCUT2D eigenvalue weighted by molar-refractivity contribution is -0.117. The van der Waals surface area contributed by atoms with Crippen LogP contribution in [0.2, 0.25) is 0 Å². The van der Waals surface area contributed by atoms with E-state index < -0.39 is 13.3 Å². The van der Waals surface area contributed by atoms with Crippen molar-refractivity contribution in [1.29, 1.82) is 0 Å². The second-order valence-electron chi connectivity index (χ2n) is 3.97. The van der Waals surface area contributed by atoms with Gasteiger partial charge in [0.15, 0.2) is 0 Å². The van der Waals surface area contributed by atoms with Crippen LogP contribution in [0.1, 0.15) is 33.1 Å². The fourth-order valence-electron chi connectivity index (χ4n) is 1.09. The van der Waals surface area contributed by atoms with Crippen molar-refractivity contribution >= 4 is 13.5 Å². The summed E-state index contributed by atoms with van der Waals surface area (Å²) in [7, 11) is -3.94. The van der Waals surface area contributed by atoms with E-state index in [1.165, 1.54) is 6.92 Å². The van der Waals surface area contributed by atoms with Gasteiger partial charge in [-0.15, -0.1) is 0 Å². The van der Waals surface area contributed by atoms with Gasteiger partial charge in [-0.05, 0) is 19.8 Å². The van der Waals surface area contributed by atoms with Gasteiger partial charge in [-0.25, -0.2) is 0 Å². The highest BCUT2D eigenvalue weighted by atomic mass is 31.2. The molecule has 0 aliphatic carbocycles. The van der Waals surface area contributed by atoms with E-state index in [1.54, 1.807) is 6.92 Å². The van der Waals surface area contributed by atoms with Crippen molar-refractivity contribution in [2.75, 3.05) is 6.54 Å². The first kappa shape index (κ1) is 15.4. The molecule has 16 heavy (non-hydrogen) atoms. The van der Waals surface area contributed by atoms with Crippen LogP contribution in [-0.4, -0.2) is 27.9 Å². The molecule has 0 aliphatic rings. The predicted octanol–water partition coefficient (Wildman–Crippen LogP) is 1.42. The number of unbranched alkanes of at least 4 members (excludes halogenated alkanes) is 1. The van der Waals surface area contributed by atoms with Crippen molar-refractivity contribution in [2.24, 2.45) is 0 Å². The topological polar surface area (TPSA) is 86.6 Å². The van der Waals surface area contributed by atoms with E-state index in [0.717, 1.165) is 0 Å². The van der Waals surface area contributed by atoms with Gasteiger partial charge in [0, 0.05) is 12.1 Å². The maximum absolute atomic E-state index is 11.1. The van der Waals surface area contributed by atoms with E-state index in [2.05, 4.69) is 11.9 Å². The molecule has 5 nitrogen and oxygen atoms in total. The Balaban J connectivity index is 3.59. The van der Waals surface area contributed by atoms with Crippen LogP contribution < -0.4 is 5.32 Å². The molecule has 0 spiro atoms. The monoisotopic (exact) mass is 249 g/mol. The molecule has 0 radical (unpaired) electrons. The van der Waals surface area contributed by atoms with Gasteiger partial charge >= 0.3 is 7.60 Å². The molecular weight excluding hydrogens is 229 g/mol. The normalized spacial score (nSPS) is 13.2. The van der Waals surface area contributed by atoms with E-state index in [4.69, 9.17) is 9.79 Å². The molecule has 94 valence electrons. The molecule has 6 heteroatoms. The molecule has 0 aliphatic heterocycles. The van der Waals surface area contributed by atoms with Crippen LogP contribution in [0.15, 0.2) is 12.2 Å². The Hall–Kier alpha value is -0.640. The highest BCUT2D eigenvalue weighted by molar-refractivity contribution is 7.52. The number of nitrogens with one attached hydrogen (secondary N) is 1. The van der Waals surface area contributed by atoms with Gasteiger partial charge in [-0.2, -0.15) is 0 Å². The first-order valence-electron chi connectivity index (χ1n) is 5.24. The van der Waals surface area contributed by atoms with Crippen LogP contribution in [0.4, 0.5) is 0 Å². The van der Waals surface area contributed by atoms with Gasteiger partial charge in [-0.1, -0.05) is 19.9 Å². The van der Waals surface area contributed by atoms with Gasteiger partial charge in [0.05, 0.1) is 5.66 Å². The quantitative estimate of drug-likeness (QED) is 0.362. The van der Waals surface area contributed by atoms with Crippen LogP contribution >= 0.6 is 7.60 Å². The van der Waals surface area contributed by atoms with Crippen molar-refractivity contribution in [2.45, 2.75) is 38.8 Å². The Bertz CT molecular complexity index is 297. The van der Waals surface area contributed by atoms with Crippen LogP contribution in [-0.2, 0) is 9.36 Å². The second kappa shape index (κ2) is 6.84. The third kappa shape index (κ3) is 6.77. The van der Waals surface area contributed by atoms with Gasteiger partial charge in [0.25, 0.3) is 0 Å². The van der Waals surface area contributed by atoms with Gasteiger partial charge in [0.2, 0.25) is 5.91 Å². The van der Waals surface area contributed by atoms with Crippen molar-refractivity contribution < 1.29 is 19.1 Å². The molecule has 1 amide bonds. The standard InChI is InChI=1S/C10H20NO4P/c1-8(2)10(12)11-7-5-4-6-9(3)16(13,14)15/h9H,1,4-7H2,2-3H3,(H,11,12)(H2,13,14,15). The van der Waals surface area contributed by atoms with E-state index in [9.17, 15) is 9.36 Å². The first-order valence-corrected chi connectivity index (χ1v) is 6.92. The zero-order chi connectivity index (χ0) is 12.8. The van der Waals surface area contributed by atoms with Crippen molar-refractivity contribution in [3.8, 4) is 0 Å². The van der Waals surface area contributed by atoms with Crippen LogP contribution in [0.5, 0.6) is 0 Å². The Morgan fingerprint density at radius 3 is 2.44 bits per heavy atom. The van der Waals surface area contributed by atoms with E-state index >= 15 is 0 Å². The maximum atomic E-state index is 11.1. The maximum Gasteiger partial charge on any atom is 0.328 e. The zero-order valence-electron chi connectivity index (χ0n) is 9.77. The number of hydrogen-bond donors (Lipinski definition) is 3. The predicted molar refractivity (Wildman–Crippen MR) is 63.2 cm³/mol. The smallest absolute Gasteiger partial charge is 0.328 e. The SMILES string of the molecule is C=C(C)C(=O)NCCCCC(C)P(=O)(O)O. The number of carbonyl (C=O) groups is 1. The molecule has 0 bridgehead atoms. The molecule has 0 saturated carbocycles. The molecule has 0 heterocycles. The Morgan fingerprint density at radius 2 is 2.00 bits per heavy atom. The van der Waals surface area contributed by atoms with Gasteiger partial charge < -0.3 is 15.1 Å². The average Bonchev–Trinajstić information content (AvgIpc) is 2.14. The van der Waals surface area contributed by atoms with Crippen molar-refractivity contribution in [3.05, 3.63) is 12.2 Å². The minimum absolute atomic E-state index is 0.178. The molecule has 1 unspecified atom stereocenters. The van der Waals surface area contributed by atoms with Crippen LogP contribution in [0, 0.1) is 0 Å². The molecule has 0 saturated heterocycles. The lowest BCUT2D eigenvalue weighted by Crippen LogP contribution is -2.24. The molecule has 3 N–H and O–H groups in total. The van der Waals surface area contributed by atoms with E-state index in [1.807, 2.05) is 0 Å². The summed E-state index contributed by atoms with van der Waals surface area (Å²) in [6.07, 6.45) is 1.86. The Morgan fingerprint density at radius 1 is 1.44 bits per heavy atom. The summed E-state index contributed by atoms with van der Waals surface area (Å²) < 4.78 is 10.8.